The number of alkyl carbamates (subject to hydrolysis) is 1. The molecule has 1 heterocycles. The summed E-state index contributed by atoms with van der Waals surface area (Å²) < 4.78 is 6.00. The molecule has 20 heavy (non-hydrogen) atoms. The van der Waals surface area contributed by atoms with Crippen molar-refractivity contribution in [1.29, 1.82) is 0 Å². The highest BCUT2D eigenvalue weighted by atomic mass is 79.9. The van der Waals surface area contributed by atoms with E-state index in [2.05, 4.69) is 21.2 Å². The molecule has 0 radical (unpaired) electrons. The Morgan fingerprint density at radius 2 is 2.15 bits per heavy atom. The fourth-order valence-electron chi connectivity index (χ4n) is 1.69. The predicted molar refractivity (Wildman–Crippen MR) is 74.6 cm³/mol. The number of hydrogen-bond donors (Lipinski definition) is 1. The van der Waals surface area contributed by atoms with Gasteiger partial charge in [0.1, 0.15) is 12.6 Å². The molecule has 1 N–H and O–H groups in total. The van der Waals surface area contributed by atoms with Crippen molar-refractivity contribution in [2.45, 2.75) is 19.6 Å². The number of β-lactam (4-membered cyclic amide) rings is 1. The second-order valence-electron chi connectivity index (χ2n) is 4.22. The number of carbonyl (C=O) groups excluding carboxylic acids is 2. The lowest BCUT2D eigenvalue weighted by Gasteiger charge is -2.36. The lowest BCUT2D eigenvalue weighted by atomic mass is 10.1. The molecule has 7 heteroatoms. The molecule has 2 amide bonds. The number of carbonyl (C=O) groups is 2. The van der Waals surface area contributed by atoms with E-state index in [1.165, 1.54) is 5.06 Å². The van der Waals surface area contributed by atoms with E-state index in [9.17, 15) is 9.59 Å². The third-order valence-corrected chi connectivity index (χ3v) is 3.28. The Morgan fingerprint density at radius 1 is 1.45 bits per heavy atom. The molecule has 1 aromatic rings. The topological polar surface area (TPSA) is 67.9 Å². The maximum absolute atomic E-state index is 11.5. The minimum Gasteiger partial charge on any atom is -0.445 e. The van der Waals surface area contributed by atoms with Gasteiger partial charge in [-0.25, -0.2) is 9.86 Å². The van der Waals surface area contributed by atoms with Crippen LogP contribution in [0.2, 0.25) is 0 Å². The van der Waals surface area contributed by atoms with Crippen molar-refractivity contribution in [3.63, 3.8) is 0 Å². The molecule has 6 nitrogen and oxygen atoms in total. The SMILES string of the molecule is CCON1C[C@H](NC(=O)OCc2ccc(Br)cc2)C1=O. The van der Waals surface area contributed by atoms with Crippen LogP contribution in [0.4, 0.5) is 4.79 Å². The highest BCUT2D eigenvalue weighted by Gasteiger charge is 2.39. The molecule has 1 saturated heterocycles. The summed E-state index contributed by atoms with van der Waals surface area (Å²) in [5.74, 6) is -0.257. The van der Waals surface area contributed by atoms with Gasteiger partial charge >= 0.3 is 6.09 Å². The summed E-state index contributed by atoms with van der Waals surface area (Å²) in [4.78, 5) is 28.1. The Bertz CT molecular complexity index is 492. The first-order valence-electron chi connectivity index (χ1n) is 6.22. The van der Waals surface area contributed by atoms with E-state index in [1.807, 2.05) is 24.3 Å². The van der Waals surface area contributed by atoms with Gasteiger partial charge in [-0.2, -0.15) is 0 Å². The number of amides is 2. The summed E-state index contributed by atoms with van der Waals surface area (Å²) >= 11 is 3.33. The van der Waals surface area contributed by atoms with Crippen molar-refractivity contribution in [1.82, 2.24) is 10.4 Å². The third kappa shape index (κ3) is 3.71. The van der Waals surface area contributed by atoms with Crippen molar-refractivity contribution in [2.24, 2.45) is 0 Å². The van der Waals surface area contributed by atoms with E-state index in [-0.39, 0.29) is 12.5 Å². The number of hydroxylamine groups is 2. The minimum absolute atomic E-state index is 0.162. The molecule has 1 aliphatic rings. The lowest BCUT2D eigenvalue weighted by molar-refractivity contribution is -0.211. The van der Waals surface area contributed by atoms with Gasteiger partial charge in [-0.05, 0) is 24.6 Å². The molecular weight excluding hydrogens is 328 g/mol. The molecule has 0 aliphatic carbocycles. The van der Waals surface area contributed by atoms with E-state index in [0.717, 1.165) is 10.0 Å². The first kappa shape index (κ1) is 14.8. The number of nitrogens with one attached hydrogen (secondary N) is 1. The van der Waals surface area contributed by atoms with Crippen LogP contribution in [0.1, 0.15) is 12.5 Å². The van der Waals surface area contributed by atoms with Crippen molar-refractivity contribution in [3.05, 3.63) is 34.3 Å². The van der Waals surface area contributed by atoms with Gasteiger partial charge in [-0.1, -0.05) is 28.1 Å². The Hall–Kier alpha value is -1.60. The van der Waals surface area contributed by atoms with Crippen molar-refractivity contribution >= 4 is 27.9 Å². The molecule has 0 aromatic heterocycles. The first-order valence-corrected chi connectivity index (χ1v) is 7.01. The summed E-state index contributed by atoms with van der Waals surface area (Å²) in [6.45, 7) is 2.72. The zero-order valence-electron chi connectivity index (χ0n) is 11.0. The minimum atomic E-state index is -0.609. The van der Waals surface area contributed by atoms with Gasteiger partial charge in [-0.3, -0.25) is 9.63 Å². The lowest BCUT2D eigenvalue weighted by Crippen LogP contribution is -2.63. The van der Waals surface area contributed by atoms with E-state index >= 15 is 0 Å². The molecule has 108 valence electrons. The summed E-state index contributed by atoms with van der Waals surface area (Å²) in [6.07, 6.45) is -0.609. The Labute approximate surface area is 125 Å². The smallest absolute Gasteiger partial charge is 0.408 e. The monoisotopic (exact) mass is 342 g/mol. The number of halogens is 1. The van der Waals surface area contributed by atoms with E-state index in [0.29, 0.717) is 13.2 Å². The summed E-state index contributed by atoms with van der Waals surface area (Å²) in [5.41, 5.74) is 0.874. The molecule has 1 atom stereocenters. The van der Waals surface area contributed by atoms with Crippen molar-refractivity contribution in [2.75, 3.05) is 13.2 Å². The fraction of sp³-hybridized carbons (Fsp3) is 0.385. The van der Waals surface area contributed by atoms with Gasteiger partial charge in [-0.15, -0.1) is 0 Å². The summed E-state index contributed by atoms with van der Waals surface area (Å²) in [6, 6.07) is 6.88. The second-order valence-corrected chi connectivity index (χ2v) is 5.13. The third-order valence-electron chi connectivity index (χ3n) is 2.75. The summed E-state index contributed by atoms with van der Waals surface area (Å²) in [7, 11) is 0. The number of ether oxygens (including phenoxy) is 1. The quantitative estimate of drug-likeness (QED) is 0.829. The number of rotatable bonds is 5. The van der Waals surface area contributed by atoms with E-state index in [1.54, 1.807) is 6.92 Å². The Kier molecular flexibility index (Phi) is 4.97. The van der Waals surface area contributed by atoms with Crippen LogP contribution < -0.4 is 5.32 Å². The van der Waals surface area contributed by atoms with Crippen molar-refractivity contribution < 1.29 is 19.2 Å². The molecule has 1 aliphatic heterocycles. The van der Waals surface area contributed by atoms with Crippen LogP contribution >= 0.6 is 15.9 Å². The average Bonchev–Trinajstić information content (AvgIpc) is 2.45. The zero-order valence-corrected chi connectivity index (χ0v) is 12.6. The molecule has 0 spiro atoms. The predicted octanol–water partition coefficient (Wildman–Crippen LogP) is 1.84. The molecule has 2 rings (SSSR count). The second kappa shape index (κ2) is 6.71. The van der Waals surface area contributed by atoms with Crippen LogP contribution in [0.25, 0.3) is 0 Å². The highest BCUT2D eigenvalue weighted by Crippen LogP contribution is 2.12. The molecule has 1 fully saturated rings. The standard InChI is InChI=1S/C13H15BrN2O4/c1-2-20-16-7-11(12(16)17)15-13(18)19-8-9-3-5-10(14)6-4-9/h3-6,11H,2,7-8H2,1H3,(H,15,18)/t11-/m0/s1. The number of hydrogen-bond acceptors (Lipinski definition) is 4. The van der Waals surface area contributed by atoms with E-state index < -0.39 is 12.1 Å². The Balaban J connectivity index is 1.71. The molecule has 0 bridgehead atoms. The zero-order chi connectivity index (χ0) is 14.5. The van der Waals surface area contributed by atoms with E-state index in [4.69, 9.17) is 9.57 Å². The van der Waals surface area contributed by atoms with Gasteiger partial charge in [0.15, 0.2) is 0 Å². The van der Waals surface area contributed by atoms with Gasteiger partial charge in [0.2, 0.25) is 0 Å². The maximum Gasteiger partial charge on any atom is 0.408 e. The maximum atomic E-state index is 11.5. The van der Waals surface area contributed by atoms with Crippen LogP contribution in [0.5, 0.6) is 0 Å². The van der Waals surface area contributed by atoms with Gasteiger partial charge in [0, 0.05) is 4.47 Å². The van der Waals surface area contributed by atoms with Crippen LogP contribution in [0.3, 0.4) is 0 Å². The van der Waals surface area contributed by atoms with Crippen molar-refractivity contribution in [3.8, 4) is 0 Å². The van der Waals surface area contributed by atoms with Crippen LogP contribution in [-0.4, -0.2) is 36.3 Å². The van der Waals surface area contributed by atoms with Gasteiger partial charge in [0.05, 0.1) is 13.2 Å². The molecule has 0 unspecified atom stereocenters. The fourth-order valence-corrected chi connectivity index (χ4v) is 1.95. The summed E-state index contributed by atoms with van der Waals surface area (Å²) in [5, 5.41) is 3.72. The molecule has 0 saturated carbocycles. The highest BCUT2D eigenvalue weighted by molar-refractivity contribution is 9.10. The van der Waals surface area contributed by atoms with Gasteiger partial charge in [0.25, 0.3) is 5.91 Å². The number of nitrogens with zero attached hydrogens (tertiary/aromatic N) is 1. The molecule has 1 aromatic carbocycles. The largest absolute Gasteiger partial charge is 0.445 e. The number of benzene rings is 1. The van der Waals surface area contributed by atoms with Gasteiger partial charge < -0.3 is 10.1 Å². The van der Waals surface area contributed by atoms with Crippen LogP contribution in [0, 0.1) is 0 Å². The normalized spacial score (nSPS) is 17.6. The average molecular weight is 343 g/mol. The van der Waals surface area contributed by atoms with Crippen LogP contribution in [-0.2, 0) is 21.0 Å². The first-order chi connectivity index (χ1) is 9.60. The molecular formula is C13H15BrN2O4. The van der Waals surface area contributed by atoms with Crippen LogP contribution in [0.15, 0.2) is 28.7 Å². The Morgan fingerprint density at radius 3 is 2.75 bits per heavy atom.